The number of aliphatic hydroxyl groups is 1. The van der Waals surface area contributed by atoms with Crippen LogP contribution in [0, 0.1) is 13.8 Å². The maximum absolute atomic E-state index is 12.9. The van der Waals surface area contributed by atoms with Crippen molar-refractivity contribution in [3.8, 4) is 5.75 Å². The summed E-state index contributed by atoms with van der Waals surface area (Å²) < 4.78 is 5.68. The van der Waals surface area contributed by atoms with Crippen molar-refractivity contribution >= 4 is 23.5 Å². The molecule has 0 radical (unpaired) electrons. The van der Waals surface area contributed by atoms with Gasteiger partial charge in [-0.15, -0.1) is 0 Å². The molecule has 1 heterocycles. The minimum atomic E-state index is -1.20. The molecular weight excluding hydrogens is 380 g/mol. The number of ether oxygens (including phenoxy) is 1. The highest BCUT2D eigenvalue weighted by molar-refractivity contribution is 6.30. The molecule has 0 bridgehead atoms. The summed E-state index contributed by atoms with van der Waals surface area (Å²) in [5, 5.41) is 13.6. The lowest BCUT2D eigenvalue weighted by Crippen LogP contribution is -2.42. The highest BCUT2D eigenvalue weighted by Gasteiger charge is 2.49. The number of aryl methyl sites for hydroxylation is 2. The second-order valence-electron chi connectivity index (χ2n) is 7.21. The van der Waals surface area contributed by atoms with Crippen molar-refractivity contribution in [1.29, 1.82) is 0 Å². The Balaban J connectivity index is 1.66. The quantitative estimate of drug-likeness (QED) is 0.727. The second-order valence-corrected chi connectivity index (χ2v) is 7.65. The fourth-order valence-electron chi connectivity index (χ4n) is 3.15. The van der Waals surface area contributed by atoms with Crippen molar-refractivity contribution in [1.82, 2.24) is 10.2 Å². The van der Waals surface area contributed by atoms with Crippen LogP contribution >= 0.6 is 11.6 Å². The molecule has 1 saturated heterocycles. The molecular formula is C21H23ClN2O4. The molecule has 28 heavy (non-hydrogen) atoms. The van der Waals surface area contributed by atoms with E-state index in [1.807, 2.05) is 32.0 Å². The second kappa shape index (κ2) is 7.81. The maximum atomic E-state index is 12.9. The molecule has 1 aliphatic rings. The molecule has 2 unspecified atom stereocenters. The Kier molecular flexibility index (Phi) is 5.63. The molecule has 2 atom stereocenters. The average Bonchev–Trinajstić information content (AvgIpc) is 2.87. The maximum Gasteiger partial charge on any atom is 0.325 e. The molecule has 0 saturated carbocycles. The zero-order valence-electron chi connectivity index (χ0n) is 16.0. The van der Waals surface area contributed by atoms with Crippen LogP contribution in [0.3, 0.4) is 0 Å². The molecule has 7 heteroatoms. The van der Waals surface area contributed by atoms with Crippen molar-refractivity contribution in [3.63, 3.8) is 0 Å². The van der Waals surface area contributed by atoms with E-state index in [1.165, 1.54) is 0 Å². The lowest BCUT2D eigenvalue weighted by Gasteiger charge is -2.23. The van der Waals surface area contributed by atoms with E-state index in [4.69, 9.17) is 16.3 Å². The minimum absolute atomic E-state index is 0.0288. The summed E-state index contributed by atoms with van der Waals surface area (Å²) in [7, 11) is 0. The number of amides is 3. The predicted molar refractivity (Wildman–Crippen MR) is 106 cm³/mol. The summed E-state index contributed by atoms with van der Waals surface area (Å²) in [4.78, 5) is 26.3. The van der Waals surface area contributed by atoms with E-state index in [9.17, 15) is 14.7 Å². The number of hydrogen-bond donors (Lipinski definition) is 2. The van der Waals surface area contributed by atoms with E-state index < -0.39 is 23.6 Å². The average molecular weight is 403 g/mol. The van der Waals surface area contributed by atoms with Crippen molar-refractivity contribution in [2.24, 2.45) is 0 Å². The van der Waals surface area contributed by atoms with Gasteiger partial charge in [0, 0.05) is 5.02 Å². The van der Waals surface area contributed by atoms with Crippen LogP contribution in [-0.2, 0) is 10.3 Å². The van der Waals surface area contributed by atoms with E-state index in [0.29, 0.717) is 16.3 Å². The van der Waals surface area contributed by atoms with Crippen molar-refractivity contribution in [2.75, 3.05) is 13.2 Å². The number of nitrogens with one attached hydrogen (secondary N) is 1. The molecule has 1 aliphatic heterocycles. The number of carbonyl (C=O) groups excluding carboxylic acids is 2. The summed E-state index contributed by atoms with van der Waals surface area (Å²) >= 11 is 5.90. The Morgan fingerprint density at radius 2 is 1.86 bits per heavy atom. The Labute approximate surface area is 169 Å². The van der Waals surface area contributed by atoms with Gasteiger partial charge < -0.3 is 15.2 Å². The van der Waals surface area contributed by atoms with E-state index in [0.717, 1.165) is 16.0 Å². The Bertz CT molecular complexity index is 900. The van der Waals surface area contributed by atoms with Gasteiger partial charge in [-0.25, -0.2) is 4.79 Å². The van der Waals surface area contributed by atoms with Gasteiger partial charge in [-0.2, -0.15) is 0 Å². The molecule has 0 aromatic heterocycles. The van der Waals surface area contributed by atoms with Gasteiger partial charge in [0.2, 0.25) is 0 Å². The summed E-state index contributed by atoms with van der Waals surface area (Å²) in [5.74, 6) is 0.243. The lowest BCUT2D eigenvalue weighted by atomic mass is 9.92. The van der Waals surface area contributed by atoms with Crippen LogP contribution in [0.1, 0.15) is 23.6 Å². The molecule has 1 fully saturated rings. The molecule has 148 valence electrons. The van der Waals surface area contributed by atoms with Gasteiger partial charge in [0.1, 0.15) is 24.0 Å². The molecule has 2 aromatic carbocycles. The number of benzene rings is 2. The highest BCUT2D eigenvalue weighted by atomic mass is 35.5. The van der Waals surface area contributed by atoms with E-state index in [-0.39, 0.29) is 13.2 Å². The van der Waals surface area contributed by atoms with Crippen molar-refractivity contribution < 1.29 is 19.4 Å². The van der Waals surface area contributed by atoms with Gasteiger partial charge in [-0.3, -0.25) is 9.69 Å². The van der Waals surface area contributed by atoms with Gasteiger partial charge in [0.15, 0.2) is 0 Å². The number of aliphatic hydroxyl groups excluding tert-OH is 1. The fourth-order valence-corrected chi connectivity index (χ4v) is 3.28. The summed E-state index contributed by atoms with van der Waals surface area (Å²) in [6.45, 7) is 5.32. The van der Waals surface area contributed by atoms with Crippen LogP contribution < -0.4 is 10.1 Å². The van der Waals surface area contributed by atoms with Crippen molar-refractivity contribution in [3.05, 3.63) is 64.2 Å². The minimum Gasteiger partial charge on any atom is -0.491 e. The first-order chi connectivity index (χ1) is 13.2. The van der Waals surface area contributed by atoms with Crippen LogP contribution in [0.15, 0.2) is 42.5 Å². The van der Waals surface area contributed by atoms with Crippen LogP contribution in [0.25, 0.3) is 0 Å². The molecule has 6 nitrogen and oxygen atoms in total. The molecule has 2 N–H and O–H groups in total. The molecule has 2 aromatic rings. The Hall–Kier alpha value is -2.57. The van der Waals surface area contributed by atoms with E-state index >= 15 is 0 Å². The lowest BCUT2D eigenvalue weighted by molar-refractivity contribution is -0.132. The number of hydrogen-bond acceptors (Lipinski definition) is 4. The largest absolute Gasteiger partial charge is 0.491 e. The van der Waals surface area contributed by atoms with Gasteiger partial charge in [-0.1, -0.05) is 35.9 Å². The first-order valence-electron chi connectivity index (χ1n) is 8.99. The molecule has 0 aliphatic carbocycles. The highest BCUT2D eigenvalue weighted by Crippen LogP contribution is 2.29. The molecule has 3 amide bonds. The third-order valence-corrected chi connectivity index (χ3v) is 5.12. The molecule has 3 rings (SSSR count). The summed E-state index contributed by atoms with van der Waals surface area (Å²) in [6, 6.07) is 12.0. The van der Waals surface area contributed by atoms with E-state index in [2.05, 4.69) is 5.32 Å². The standard InChI is InChI=1S/C21H23ClN2O4/c1-13-4-5-14(2)18(10-13)28-12-17(25)11-24-19(26)21(3,23-20(24)27)15-6-8-16(22)9-7-15/h4-10,17,25H,11-12H2,1-3H3,(H,23,27). The van der Waals surface area contributed by atoms with Crippen LogP contribution in [0.5, 0.6) is 5.75 Å². The predicted octanol–water partition coefficient (Wildman–Crippen LogP) is 3.16. The van der Waals surface area contributed by atoms with Crippen LogP contribution in [0.2, 0.25) is 5.02 Å². The molecule has 0 spiro atoms. The monoisotopic (exact) mass is 402 g/mol. The number of β-amino-alcohol motifs (C(OH)–C–C–N with tert-alkyl or cyclic N) is 1. The van der Waals surface area contributed by atoms with Gasteiger partial charge in [0.05, 0.1) is 6.54 Å². The number of nitrogens with zero attached hydrogens (tertiary/aromatic N) is 1. The SMILES string of the molecule is Cc1ccc(C)c(OCC(O)CN2C(=O)NC(C)(c3ccc(Cl)cc3)C2=O)c1. The first-order valence-corrected chi connectivity index (χ1v) is 9.37. The zero-order chi connectivity index (χ0) is 20.5. The van der Waals surface area contributed by atoms with Crippen LogP contribution in [-0.4, -0.2) is 41.2 Å². The van der Waals surface area contributed by atoms with Crippen LogP contribution in [0.4, 0.5) is 4.79 Å². The smallest absolute Gasteiger partial charge is 0.325 e. The van der Waals surface area contributed by atoms with Crippen molar-refractivity contribution in [2.45, 2.75) is 32.4 Å². The topological polar surface area (TPSA) is 78.9 Å². The fraction of sp³-hybridized carbons (Fsp3) is 0.333. The zero-order valence-corrected chi connectivity index (χ0v) is 16.8. The Morgan fingerprint density at radius 3 is 2.54 bits per heavy atom. The Morgan fingerprint density at radius 1 is 1.18 bits per heavy atom. The normalized spacial score (nSPS) is 20.2. The van der Waals surface area contributed by atoms with E-state index in [1.54, 1.807) is 31.2 Å². The van der Waals surface area contributed by atoms with Gasteiger partial charge in [-0.05, 0) is 55.7 Å². The third-order valence-electron chi connectivity index (χ3n) is 4.86. The van der Waals surface area contributed by atoms with Gasteiger partial charge in [0.25, 0.3) is 5.91 Å². The first kappa shape index (κ1) is 20.2. The summed E-state index contributed by atoms with van der Waals surface area (Å²) in [6.07, 6.45) is -1.01. The summed E-state index contributed by atoms with van der Waals surface area (Å²) in [5.41, 5.74) is 1.42. The number of rotatable bonds is 6. The number of imide groups is 1. The van der Waals surface area contributed by atoms with Gasteiger partial charge >= 0.3 is 6.03 Å². The number of carbonyl (C=O) groups is 2. The third kappa shape index (κ3) is 3.98. The number of urea groups is 1. The number of halogens is 1.